The largest absolute Gasteiger partial charge is 0.445 e. The van der Waals surface area contributed by atoms with Gasteiger partial charge in [-0.2, -0.15) is 0 Å². The van der Waals surface area contributed by atoms with Gasteiger partial charge in [-0.15, -0.1) is 0 Å². The Morgan fingerprint density at radius 2 is 1.44 bits per heavy atom. The number of benzene rings is 3. The van der Waals surface area contributed by atoms with Crippen molar-refractivity contribution in [2.45, 2.75) is 32.2 Å². The number of carbonyl (C=O) groups is 2. The maximum Gasteiger partial charge on any atom is 0.408 e. The zero-order chi connectivity index (χ0) is 22.8. The number of ether oxygens (including phenoxy) is 1. The first-order valence-corrected chi connectivity index (χ1v) is 10.4. The molecular weight excluding hydrogens is 404 g/mol. The Balaban J connectivity index is 1.69. The Morgan fingerprint density at radius 1 is 0.781 bits per heavy atom. The lowest BCUT2D eigenvalue weighted by Gasteiger charge is -2.19. The van der Waals surface area contributed by atoms with Gasteiger partial charge in [-0.05, 0) is 34.4 Å². The molecule has 0 saturated heterocycles. The lowest BCUT2D eigenvalue weighted by atomic mass is 10.0. The van der Waals surface area contributed by atoms with Crippen LogP contribution in [-0.4, -0.2) is 18.0 Å². The Kier molecular flexibility index (Phi) is 8.36. The number of anilines is 1. The molecule has 166 valence electrons. The van der Waals surface area contributed by atoms with E-state index in [1.807, 2.05) is 66.7 Å². The number of hydrogen-bond acceptors (Lipinski definition) is 5. The van der Waals surface area contributed by atoms with E-state index in [4.69, 9.17) is 16.2 Å². The first kappa shape index (κ1) is 23.0. The van der Waals surface area contributed by atoms with Gasteiger partial charge in [0.25, 0.3) is 0 Å². The molecule has 0 aromatic heterocycles. The molecule has 0 saturated carbocycles. The molecule has 7 heteroatoms. The van der Waals surface area contributed by atoms with E-state index in [1.54, 1.807) is 12.1 Å². The summed E-state index contributed by atoms with van der Waals surface area (Å²) in [7, 11) is 0. The van der Waals surface area contributed by atoms with E-state index in [0.29, 0.717) is 25.2 Å². The van der Waals surface area contributed by atoms with Gasteiger partial charge in [0.15, 0.2) is 0 Å². The van der Waals surface area contributed by atoms with Crippen molar-refractivity contribution in [1.82, 2.24) is 5.32 Å². The monoisotopic (exact) mass is 432 g/mol. The predicted octanol–water partition coefficient (Wildman–Crippen LogP) is 3.08. The van der Waals surface area contributed by atoms with Gasteiger partial charge in [-0.25, -0.2) is 4.79 Å². The van der Waals surface area contributed by atoms with E-state index in [9.17, 15) is 9.59 Å². The van der Waals surface area contributed by atoms with E-state index in [0.717, 1.165) is 22.3 Å². The molecule has 0 bridgehead atoms. The molecule has 0 radical (unpaired) electrons. The highest BCUT2D eigenvalue weighted by molar-refractivity contribution is 5.96. The van der Waals surface area contributed by atoms with Crippen LogP contribution < -0.4 is 22.1 Å². The van der Waals surface area contributed by atoms with Crippen molar-refractivity contribution in [1.29, 1.82) is 0 Å². The van der Waals surface area contributed by atoms with E-state index >= 15 is 0 Å². The fraction of sp³-hybridized carbons (Fsp3) is 0.200. The molecule has 1 atom stereocenters. The molecule has 0 aliphatic carbocycles. The fourth-order valence-electron chi connectivity index (χ4n) is 3.17. The zero-order valence-electron chi connectivity index (χ0n) is 17.8. The van der Waals surface area contributed by atoms with Crippen molar-refractivity contribution in [3.8, 4) is 0 Å². The van der Waals surface area contributed by atoms with Crippen LogP contribution in [0.15, 0.2) is 78.9 Å². The van der Waals surface area contributed by atoms with Gasteiger partial charge >= 0.3 is 6.09 Å². The van der Waals surface area contributed by atoms with Gasteiger partial charge in [0.1, 0.15) is 12.6 Å². The maximum absolute atomic E-state index is 13.0. The van der Waals surface area contributed by atoms with E-state index in [-0.39, 0.29) is 12.5 Å². The quantitative estimate of drug-likeness (QED) is 0.414. The van der Waals surface area contributed by atoms with E-state index in [2.05, 4.69) is 10.6 Å². The van der Waals surface area contributed by atoms with Crippen molar-refractivity contribution in [3.63, 3.8) is 0 Å². The minimum atomic E-state index is -0.830. The molecule has 6 N–H and O–H groups in total. The average Bonchev–Trinajstić information content (AvgIpc) is 2.83. The Morgan fingerprint density at radius 3 is 2.12 bits per heavy atom. The van der Waals surface area contributed by atoms with Crippen molar-refractivity contribution in [2.24, 2.45) is 11.5 Å². The molecule has 32 heavy (non-hydrogen) atoms. The van der Waals surface area contributed by atoms with Gasteiger partial charge in [-0.1, -0.05) is 66.7 Å². The highest BCUT2D eigenvalue weighted by atomic mass is 16.5. The lowest BCUT2D eigenvalue weighted by Crippen LogP contribution is -2.45. The number of alkyl carbamates (subject to hydrolysis) is 1. The molecular formula is C25H28N4O3. The number of hydrogen-bond donors (Lipinski definition) is 4. The maximum atomic E-state index is 13.0. The zero-order valence-corrected chi connectivity index (χ0v) is 17.8. The normalized spacial score (nSPS) is 11.4. The third-order valence-corrected chi connectivity index (χ3v) is 4.95. The Labute approximate surface area is 187 Å². The molecule has 0 unspecified atom stereocenters. The van der Waals surface area contributed by atoms with Crippen LogP contribution in [0.4, 0.5) is 10.5 Å². The van der Waals surface area contributed by atoms with Crippen LogP contribution in [0.3, 0.4) is 0 Å². The molecule has 3 aromatic carbocycles. The molecule has 7 nitrogen and oxygen atoms in total. The van der Waals surface area contributed by atoms with Gasteiger partial charge < -0.3 is 26.8 Å². The molecule has 3 aromatic rings. The van der Waals surface area contributed by atoms with Crippen molar-refractivity contribution in [3.05, 3.63) is 101 Å². The molecule has 0 aliphatic rings. The Hall–Kier alpha value is -3.68. The van der Waals surface area contributed by atoms with Crippen LogP contribution in [-0.2, 0) is 35.6 Å². The number of nitrogens with two attached hydrogens (primary N) is 2. The highest BCUT2D eigenvalue weighted by Gasteiger charge is 2.22. The number of amides is 2. The molecule has 2 amide bonds. The molecule has 0 aliphatic heterocycles. The van der Waals surface area contributed by atoms with Crippen molar-refractivity contribution >= 4 is 17.7 Å². The molecule has 0 fully saturated rings. The molecule has 3 rings (SSSR count). The summed E-state index contributed by atoms with van der Waals surface area (Å²) in [6, 6.07) is 23.4. The standard InChI is InChI=1S/C25H28N4O3/c26-15-19-11-9-18(10-12-19)14-23(24(30)28-22-8-4-7-21(13-22)16-27)29-25(31)32-17-20-5-2-1-3-6-20/h1-13,23H,14-17,26-27H2,(H,28,30)(H,29,31)/t23-/m0/s1. The average molecular weight is 433 g/mol. The SMILES string of the molecule is NCc1ccc(C[C@H](NC(=O)OCc2ccccc2)C(=O)Nc2cccc(CN)c2)cc1. The first-order chi connectivity index (χ1) is 15.6. The Bertz CT molecular complexity index is 1020. The van der Waals surface area contributed by atoms with Gasteiger partial charge in [0.2, 0.25) is 5.91 Å². The van der Waals surface area contributed by atoms with Crippen LogP contribution in [0.1, 0.15) is 22.3 Å². The fourth-order valence-corrected chi connectivity index (χ4v) is 3.17. The summed E-state index contributed by atoms with van der Waals surface area (Å²) in [4.78, 5) is 25.4. The minimum Gasteiger partial charge on any atom is -0.445 e. The van der Waals surface area contributed by atoms with Crippen LogP contribution >= 0.6 is 0 Å². The van der Waals surface area contributed by atoms with Gasteiger partial charge in [0, 0.05) is 25.2 Å². The van der Waals surface area contributed by atoms with Gasteiger partial charge in [-0.3, -0.25) is 4.79 Å². The topological polar surface area (TPSA) is 119 Å². The van der Waals surface area contributed by atoms with Gasteiger partial charge in [0.05, 0.1) is 0 Å². The second-order valence-electron chi connectivity index (χ2n) is 7.38. The highest BCUT2D eigenvalue weighted by Crippen LogP contribution is 2.13. The van der Waals surface area contributed by atoms with Crippen molar-refractivity contribution < 1.29 is 14.3 Å². The third-order valence-electron chi connectivity index (χ3n) is 4.95. The van der Waals surface area contributed by atoms with Crippen LogP contribution in [0.2, 0.25) is 0 Å². The second-order valence-corrected chi connectivity index (χ2v) is 7.38. The van der Waals surface area contributed by atoms with Crippen molar-refractivity contribution in [2.75, 3.05) is 5.32 Å². The predicted molar refractivity (Wildman–Crippen MR) is 125 cm³/mol. The lowest BCUT2D eigenvalue weighted by molar-refractivity contribution is -0.118. The second kappa shape index (κ2) is 11.6. The minimum absolute atomic E-state index is 0.116. The number of carbonyl (C=O) groups excluding carboxylic acids is 2. The first-order valence-electron chi connectivity index (χ1n) is 10.4. The summed E-state index contributed by atoms with van der Waals surface area (Å²) < 4.78 is 5.31. The summed E-state index contributed by atoms with van der Waals surface area (Å²) >= 11 is 0. The van der Waals surface area contributed by atoms with E-state index in [1.165, 1.54) is 0 Å². The summed E-state index contributed by atoms with van der Waals surface area (Å²) in [6.45, 7) is 0.918. The number of nitrogens with one attached hydrogen (secondary N) is 2. The van der Waals surface area contributed by atoms with Crippen LogP contribution in [0.5, 0.6) is 0 Å². The van der Waals surface area contributed by atoms with E-state index < -0.39 is 12.1 Å². The molecule has 0 heterocycles. The summed E-state index contributed by atoms with van der Waals surface area (Å²) in [5.74, 6) is -0.348. The van der Waals surface area contributed by atoms with Crippen LogP contribution in [0, 0.1) is 0 Å². The summed E-state index contributed by atoms with van der Waals surface area (Å²) in [6.07, 6.45) is -0.364. The summed E-state index contributed by atoms with van der Waals surface area (Å²) in [5, 5.41) is 5.54. The van der Waals surface area contributed by atoms with Crippen LogP contribution in [0.25, 0.3) is 0 Å². The summed E-state index contributed by atoms with van der Waals surface area (Å²) in [5.41, 5.74) is 15.6. The molecule has 0 spiro atoms. The number of rotatable bonds is 9. The smallest absolute Gasteiger partial charge is 0.408 e. The third kappa shape index (κ3) is 6.94.